The Balaban J connectivity index is 2.10. The maximum Gasteiger partial charge on any atom is 0.229 e. The maximum absolute atomic E-state index is 11.6. The standard InChI is InChI=1S/C22H19N5O2S/c1-4-20-19(22(26-14-25-20)18-7-5-6-16(10-18)12-23)9-8-17-11-21(15(2)24-13-17)27-30(3,28)29/h5-7,10-11,13-14,27H,4H2,1-3H3. The molecule has 3 rings (SSSR count). The second-order valence-electron chi connectivity index (χ2n) is 6.57. The van der Waals surface area contributed by atoms with Gasteiger partial charge in [-0.1, -0.05) is 30.9 Å². The molecule has 0 radical (unpaired) electrons. The van der Waals surface area contributed by atoms with Gasteiger partial charge in [0.1, 0.15) is 6.33 Å². The van der Waals surface area contributed by atoms with Gasteiger partial charge in [0.2, 0.25) is 10.0 Å². The van der Waals surface area contributed by atoms with Crippen molar-refractivity contribution < 1.29 is 8.42 Å². The smallest absolute Gasteiger partial charge is 0.229 e. The van der Waals surface area contributed by atoms with Gasteiger partial charge in [-0.2, -0.15) is 5.26 Å². The fourth-order valence-electron chi connectivity index (χ4n) is 2.82. The molecule has 1 aromatic carbocycles. The zero-order valence-corrected chi connectivity index (χ0v) is 17.6. The second kappa shape index (κ2) is 8.73. The van der Waals surface area contributed by atoms with Crippen LogP contribution in [-0.4, -0.2) is 29.6 Å². The quantitative estimate of drug-likeness (QED) is 0.654. The molecule has 1 N–H and O–H groups in total. The minimum absolute atomic E-state index is 0.381. The van der Waals surface area contributed by atoms with E-state index < -0.39 is 10.0 Å². The molecule has 0 aliphatic carbocycles. The minimum Gasteiger partial charge on any atom is -0.282 e. The highest BCUT2D eigenvalue weighted by Crippen LogP contribution is 2.24. The van der Waals surface area contributed by atoms with Crippen molar-refractivity contribution in [3.8, 4) is 29.2 Å². The number of nitriles is 1. The molecule has 0 saturated heterocycles. The van der Waals surface area contributed by atoms with Crippen LogP contribution < -0.4 is 4.72 Å². The summed E-state index contributed by atoms with van der Waals surface area (Å²) in [5.74, 6) is 6.15. The molecule has 0 atom stereocenters. The third-order valence-corrected chi connectivity index (χ3v) is 4.83. The second-order valence-corrected chi connectivity index (χ2v) is 8.32. The van der Waals surface area contributed by atoms with E-state index in [1.807, 2.05) is 13.0 Å². The van der Waals surface area contributed by atoms with E-state index in [-0.39, 0.29) is 0 Å². The number of sulfonamides is 1. The average molecular weight is 417 g/mol. The predicted octanol–water partition coefficient (Wildman–Crippen LogP) is 3.05. The van der Waals surface area contributed by atoms with E-state index in [0.29, 0.717) is 40.2 Å². The highest BCUT2D eigenvalue weighted by Gasteiger charge is 2.11. The number of pyridine rings is 1. The first kappa shape index (κ1) is 21.0. The van der Waals surface area contributed by atoms with Crippen molar-refractivity contribution in [1.82, 2.24) is 15.0 Å². The largest absolute Gasteiger partial charge is 0.282 e. The normalized spacial score (nSPS) is 10.6. The molecule has 30 heavy (non-hydrogen) atoms. The first-order valence-electron chi connectivity index (χ1n) is 9.11. The first-order chi connectivity index (χ1) is 14.3. The number of benzene rings is 1. The van der Waals surface area contributed by atoms with Crippen molar-refractivity contribution in [3.63, 3.8) is 0 Å². The van der Waals surface area contributed by atoms with Gasteiger partial charge < -0.3 is 0 Å². The summed E-state index contributed by atoms with van der Waals surface area (Å²) < 4.78 is 25.6. The lowest BCUT2D eigenvalue weighted by Gasteiger charge is -2.08. The third kappa shape index (κ3) is 4.99. The summed E-state index contributed by atoms with van der Waals surface area (Å²) in [4.78, 5) is 13.0. The average Bonchev–Trinajstić information content (AvgIpc) is 2.73. The van der Waals surface area contributed by atoms with E-state index in [0.717, 1.165) is 17.5 Å². The Morgan fingerprint density at radius 1 is 1.10 bits per heavy atom. The number of nitrogens with one attached hydrogen (secondary N) is 1. The van der Waals surface area contributed by atoms with E-state index in [1.165, 1.54) is 6.33 Å². The highest BCUT2D eigenvalue weighted by molar-refractivity contribution is 7.92. The van der Waals surface area contributed by atoms with Crippen LogP contribution in [0, 0.1) is 30.1 Å². The van der Waals surface area contributed by atoms with Gasteiger partial charge in [0.05, 0.1) is 46.2 Å². The van der Waals surface area contributed by atoms with Crippen LogP contribution in [-0.2, 0) is 16.4 Å². The Labute approximate surface area is 175 Å². The van der Waals surface area contributed by atoms with E-state index in [2.05, 4.69) is 37.6 Å². The molecule has 0 bridgehead atoms. The molecule has 0 saturated carbocycles. The van der Waals surface area contributed by atoms with Gasteiger partial charge in [-0.3, -0.25) is 9.71 Å². The Hall–Kier alpha value is -3.75. The van der Waals surface area contributed by atoms with E-state index in [1.54, 1.807) is 37.4 Å². The highest BCUT2D eigenvalue weighted by atomic mass is 32.2. The number of anilines is 1. The lowest BCUT2D eigenvalue weighted by molar-refractivity contribution is 0.606. The van der Waals surface area contributed by atoms with Crippen LogP contribution in [0.25, 0.3) is 11.3 Å². The molecule has 2 heterocycles. The number of rotatable bonds is 4. The fraction of sp³-hybridized carbons (Fsp3) is 0.182. The molecule has 0 aliphatic heterocycles. The topological polar surface area (TPSA) is 109 Å². The number of hydrogen-bond acceptors (Lipinski definition) is 6. The molecule has 0 spiro atoms. The summed E-state index contributed by atoms with van der Waals surface area (Å²) >= 11 is 0. The van der Waals surface area contributed by atoms with Crippen LogP contribution in [0.5, 0.6) is 0 Å². The molecule has 0 amide bonds. The van der Waals surface area contributed by atoms with Crippen LogP contribution >= 0.6 is 0 Å². The first-order valence-corrected chi connectivity index (χ1v) is 11.0. The summed E-state index contributed by atoms with van der Waals surface area (Å²) in [6.45, 7) is 3.69. The van der Waals surface area contributed by atoms with Gasteiger partial charge in [-0.15, -0.1) is 0 Å². The van der Waals surface area contributed by atoms with Crippen LogP contribution in [0.3, 0.4) is 0 Å². The van der Waals surface area contributed by atoms with Gasteiger partial charge >= 0.3 is 0 Å². The Morgan fingerprint density at radius 2 is 1.90 bits per heavy atom. The summed E-state index contributed by atoms with van der Waals surface area (Å²) in [7, 11) is -3.43. The number of aryl methyl sites for hydroxylation is 2. The van der Waals surface area contributed by atoms with Crippen molar-refractivity contribution in [1.29, 1.82) is 5.26 Å². The molecule has 0 fully saturated rings. The molecule has 0 unspecified atom stereocenters. The van der Waals surface area contributed by atoms with Gasteiger partial charge in [0.15, 0.2) is 0 Å². The summed E-state index contributed by atoms with van der Waals surface area (Å²) in [6.07, 6.45) is 4.81. The predicted molar refractivity (Wildman–Crippen MR) is 115 cm³/mol. The molecule has 0 aliphatic rings. The van der Waals surface area contributed by atoms with E-state index in [4.69, 9.17) is 0 Å². The molecule has 8 heteroatoms. The summed E-state index contributed by atoms with van der Waals surface area (Å²) in [5.41, 5.74) is 4.87. The van der Waals surface area contributed by atoms with E-state index >= 15 is 0 Å². The van der Waals surface area contributed by atoms with Crippen molar-refractivity contribution in [3.05, 3.63) is 70.9 Å². The third-order valence-electron chi connectivity index (χ3n) is 4.24. The van der Waals surface area contributed by atoms with Gasteiger partial charge in [0, 0.05) is 17.3 Å². The minimum atomic E-state index is -3.43. The van der Waals surface area contributed by atoms with Gasteiger partial charge in [-0.05, 0) is 31.5 Å². The zero-order valence-electron chi connectivity index (χ0n) is 16.8. The number of aromatic nitrogens is 3. The Kier molecular flexibility index (Phi) is 6.10. The van der Waals surface area contributed by atoms with Crippen molar-refractivity contribution in [2.45, 2.75) is 20.3 Å². The lowest BCUT2D eigenvalue weighted by Crippen LogP contribution is -2.11. The lowest BCUT2D eigenvalue weighted by atomic mass is 10.0. The molecular weight excluding hydrogens is 398 g/mol. The number of hydrogen-bond donors (Lipinski definition) is 1. The molecule has 3 aromatic rings. The van der Waals surface area contributed by atoms with Crippen LogP contribution in [0.2, 0.25) is 0 Å². The van der Waals surface area contributed by atoms with E-state index in [9.17, 15) is 13.7 Å². The van der Waals surface area contributed by atoms with Crippen LogP contribution in [0.4, 0.5) is 5.69 Å². The van der Waals surface area contributed by atoms with Crippen molar-refractivity contribution in [2.24, 2.45) is 0 Å². The Morgan fingerprint density at radius 3 is 2.60 bits per heavy atom. The fourth-order valence-corrected chi connectivity index (χ4v) is 3.42. The molecule has 7 nitrogen and oxygen atoms in total. The van der Waals surface area contributed by atoms with Gasteiger partial charge in [-0.25, -0.2) is 18.4 Å². The monoisotopic (exact) mass is 417 g/mol. The maximum atomic E-state index is 11.6. The summed E-state index contributed by atoms with van der Waals surface area (Å²) in [5, 5.41) is 9.19. The molecular formula is C22H19N5O2S. The van der Waals surface area contributed by atoms with Gasteiger partial charge in [0.25, 0.3) is 0 Å². The van der Waals surface area contributed by atoms with Crippen LogP contribution in [0.15, 0.2) is 42.9 Å². The SMILES string of the molecule is CCc1ncnc(-c2cccc(C#N)c2)c1C#Cc1cnc(C)c(NS(C)(=O)=O)c1. The Bertz CT molecular complexity index is 1320. The molecule has 2 aromatic heterocycles. The van der Waals surface area contributed by atoms with Crippen LogP contribution in [0.1, 0.15) is 35.0 Å². The zero-order chi connectivity index (χ0) is 21.7. The molecule has 150 valence electrons. The summed E-state index contributed by atoms with van der Waals surface area (Å²) in [6, 6.07) is 10.9. The number of nitrogens with zero attached hydrogens (tertiary/aromatic N) is 4. The van der Waals surface area contributed by atoms with Crippen molar-refractivity contribution >= 4 is 15.7 Å². The van der Waals surface area contributed by atoms with Crippen molar-refractivity contribution in [2.75, 3.05) is 11.0 Å².